The molecule has 4 rings (SSSR count). The molecule has 0 aliphatic carbocycles. The second-order valence-corrected chi connectivity index (χ2v) is 7.40. The molecule has 3 aromatic rings. The zero-order valence-electron chi connectivity index (χ0n) is 13.6. The van der Waals surface area contributed by atoms with Crippen molar-refractivity contribution < 1.29 is 13.6 Å². The summed E-state index contributed by atoms with van der Waals surface area (Å²) in [5, 5.41) is 0.909. The lowest BCUT2D eigenvalue weighted by atomic mass is 10.1. The van der Waals surface area contributed by atoms with E-state index < -0.39 is 11.7 Å². The van der Waals surface area contributed by atoms with Crippen molar-refractivity contribution in [1.29, 1.82) is 0 Å². The van der Waals surface area contributed by atoms with Crippen LogP contribution >= 0.6 is 22.9 Å². The van der Waals surface area contributed by atoms with Crippen molar-refractivity contribution in [3.63, 3.8) is 0 Å². The van der Waals surface area contributed by atoms with Crippen LogP contribution in [-0.4, -0.2) is 42.0 Å². The van der Waals surface area contributed by atoms with Gasteiger partial charge in [-0.1, -0.05) is 29.0 Å². The number of rotatable bonds is 2. The average molecular weight is 394 g/mol. The van der Waals surface area contributed by atoms with Crippen molar-refractivity contribution in [2.45, 2.75) is 0 Å². The molecule has 8 heteroatoms. The maximum atomic E-state index is 14.0. The number of nitrogens with zero attached hydrogens (tertiary/aromatic N) is 3. The highest BCUT2D eigenvalue weighted by molar-refractivity contribution is 7.22. The molecule has 0 atom stereocenters. The van der Waals surface area contributed by atoms with Gasteiger partial charge in [0.1, 0.15) is 11.6 Å². The highest BCUT2D eigenvalue weighted by atomic mass is 35.5. The second-order valence-electron chi connectivity index (χ2n) is 5.98. The minimum absolute atomic E-state index is 0.0851. The minimum Gasteiger partial charge on any atom is -0.345 e. The molecule has 1 amide bonds. The first-order valence-electron chi connectivity index (χ1n) is 8.07. The lowest BCUT2D eigenvalue weighted by molar-refractivity contribution is 0.0742. The molecule has 1 aliphatic rings. The fourth-order valence-electron chi connectivity index (χ4n) is 2.98. The molecule has 2 heterocycles. The first-order chi connectivity index (χ1) is 12.5. The minimum atomic E-state index is -0.613. The third-order valence-corrected chi connectivity index (χ3v) is 5.75. The molecule has 0 bridgehead atoms. The molecule has 2 aromatic carbocycles. The summed E-state index contributed by atoms with van der Waals surface area (Å²) in [7, 11) is 0. The van der Waals surface area contributed by atoms with Crippen LogP contribution in [0.4, 0.5) is 13.9 Å². The van der Waals surface area contributed by atoms with Crippen LogP contribution < -0.4 is 4.90 Å². The lowest BCUT2D eigenvalue weighted by Crippen LogP contribution is -2.49. The van der Waals surface area contributed by atoms with Gasteiger partial charge >= 0.3 is 0 Å². The van der Waals surface area contributed by atoms with Crippen molar-refractivity contribution in [2.24, 2.45) is 0 Å². The molecule has 1 fully saturated rings. The van der Waals surface area contributed by atoms with Gasteiger partial charge in [0.05, 0.1) is 20.8 Å². The number of carbonyl (C=O) groups is 1. The quantitative estimate of drug-likeness (QED) is 0.655. The van der Waals surface area contributed by atoms with Crippen LogP contribution in [0.1, 0.15) is 10.4 Å². The summed E-state index contributed by atoms with van der Waals surface area (Å²) in [5.74, 6) is -1.30. The Morgan fingerprint density at radius 2 is 1.88 bits per heavy atom. The maximum Gasteiger partial charge on any atom is 0.258 e. The molecule has 0 radical (unpaired) electrons. The Morgan fingerprint density at radius 1 is 1.12 bits per heavy atom. The highest BCUT2D eigenvalue weighted by Crippen LogP contribution is 2.30. The summed E-state index contributed by atoms with van der Waals surface area (Å²) < 4.78 is 28.1. The molecule has 4 nitrogen and oxygen atoms in total. The Balaban J connectivity index is 1.49. The van der Waals surface area contributed by atoms with Crippen LogP contribution in [0, 0.1) is 11.6 Å². The standard InChI is InChI=1S/C18H14ClF2N3OS/c19-12-2-1-3-13(21)16(12)17(25)23-6-8-24(9-7-23)18-22-14-5-4-11(20)10-15(14)26-18/h1-5,10H,6-9H2. The average Bonchev–Trinajstić information content (AvgIpc) is 3.04. The van der Waals surface area contributed by atoms with E-state index in [9.17, 15) is 13.6 Å². The van der Waals surface area contributed by atoms with Crippen molar-refractivity contribution >= 4 is 44.2 Å². The van der Waals surface area contributed by atoms with E-state index in [0.29, 0.717) is 26.2 Å². The Kier molecular flexibility index (Phi) is 4.50. The van der Waals surface area contributed by atoms with Gasteiger partial charge in [-0.05, 0) is 30.3 Å². The van der Waals surface area contributed by atoms with E-state index in [0.717, 1.165) is 15.3 Å². The van der Waals surface area contributed by atoms with Crippen LogP contribution in [0.3, 0.4) is 0 Å². The SMILES string of the molecule is O=C(c1c(F)cccc1Cl)N1CCN(c2nc3ccc(F)cc3s2)CC1. The fourth-order valence-corrected chi connectivity index (χ4v) is 4.27. The summed E-state index contributed by atoms with van der Waals surface area (Å²) in [6.45, 7) is 2.02. The largest absolute Gasteiger partial charge is 0.345 e. The third kappa shape index (κ3) is 3.12. The summed E-state index contributed by atoms with van der Waals surface area (Å²) in [4.78, 5) is 20.8. The summed E-state index contributed by atoms with van der Waals surface area (Å²) in [5.41, 5.74) is 0.668. The number of hydrogen-bond acceptors (Lipinski definition) is 4. The lowest BCUT2D eigenvalue weighted by Gasteiger charge is -2.34. The van der Waals surface area contributed by atoms with Gasteiger partial charge in [0.25, 0.3) is 5.91 Å². The number of benzene rings is 2. The predicted molar refractivity (Wildman–Crippen MR) is 99.1 cm³/mol. The van der Waals surface area contributed by atoms with Crippen molar-refractivity contribution in [1.82, 2.24) is 9.88 Å². The molecule has 1 aromatic heterocycles. The van der Waals surface area contributed by atoms with Gasteiger partial charge < -0.3 is 9.80 Å². The number of amides is 1. The Hall–Kier alpha value is -2.25. The molecule has 26 heavy (non-hydrogen) atoms. The van der Waals surface area contributed by atoms with Gasteiger partial charge in [0.15, 0.2) is 5.13 Å². The smallest absolute Gasteiger partial charge is 0.258 e. The number of fused-ring (bicyclic) bond motifs is 1. The van der Waals surface area contributed by atoms with Gasteiger partial charge in [0.2, 0.25) is 0 Å². The van der Waals surface area contributed by atoms with Crippen molar-refractivity contribution in [3.8, 4) is 0 Å². The van der Waals surface area contributed by atoms with Crippen molar-refractivity contribution in [2.75, 3.05) is 31.1 Å². The molecule has 1 aliphatic heterocycles. The van der Waals surface area contributed by atoms with Crippen LogP contribution in [-0.2, 0) is 0 Å². The van der Waals surface area contributed by atoms with E-state index in [4.69, 9.17) is 11.6 Å². The van der Waals surface area contributed by atoms with E-state index in [2.05, 4.69) is 9.88 Å². The predicted octanol–water partition coefficient (Wildman–Crippen LogP) is 4.19. The highest BCUT2D eigenvalue weighted by Gasteiger charge is 2.27. The normalized spacial score (nSPS) is 14.9. The van der Waals surface area contributed by atoms with E-state index in [1.54, 1.807) is 11.0 Å². The van der Waals surface area contributed by atoms with Gasteiger partial charge in [-0.2, -0.15) is 0 Å². The molecule has 0 N–H and O–H groups in total. The van der Waals surface area contributed by atoms with Gasteiger partial charge in [0, 0.05) is 26.2 Å². The molecule has 1 saturated heterocycles. The zero-order valence-corrected chi connectivity index (χ0v) is 15.2. The van der Waals surface area contributed by atoms with Crippen LogP contribution in [0.15, 0.2) is 36.4 Å². The number of anilines is 1. The van der Waals surface area contributed by atoms with E-state index >= 15 is 0 Å². The maximum absolute atomic E-state index is 14.0. The number of aromatic nitrogens is 1. The van der Waals surface area contributed by atoms with Crippen molar-refractivity contribution in [3.05, 3.63) is 58.6 Å². The summed E-state index contributed by atoms with van der Waals surface area (Å²) in [6.07, 6.45) is 0. The molecular formula is C18H14ClF2N3OS. The van der Waals surface area contributed by atoms with Crippen LogP contribution in [0.25, 0.3) is 10.2 Å². The number of piperazine rings is 1. The van der Waals surface area contributed by atoms with Gasteiger partial charge in [-0.15, -0.1) is 0 Å². The molecule has 0 unspecified atom stereocenters. The van der Waals surface area contributed by atoms with E-state index in [-0.39, 0.29) is 16.4 Å². The van der Waals surface area contributed by atoms with Gasteiger partial charge in [-0.3, -0.25) is 4.79 Å². The fraction of sp³-hybridized carbons (Fsp3) is 0.222. The second kappa shape index (κ2) is 6.81. The Morgan fingerprint density at radius 3 is 2.62 bits per heavy atom. The number of carbonyl (C=O) groups excluding carboxylic acids is 1. The summed E-state index contributed by atoms with van der Waals surface area (Å²) in [6, 6.07) is 8.73. The monoisotopic (exact) mass is 393 g/mol. The van der Waals surface area contributed by atoms with Gasteiger partial charge in [-0.25, -0.2) is 13.8 Å². The number of hydrogen-bond donors (Lipinski definition) is 0. The molecule has 0 saturated carbocycles. The third-order valence-electron chi connectivity index (χ3n) is 4.35. The topological polar surface area (TPSA) is 36.4 Å². The van der Waals surface area contributed by atoms with Crippen LogP contribution in [0.5, 0.6) is 0 Å². The molecular weight excluding hydrogens is 380 g/mol. The summed E-state index contributed by atoms with van der Waals surface area (Å²) >= 11 is 7.41. The Bertz CT molecular complexity index is 965. The van der Waals surface area contributed by atoms with E-state index in [1.807, 2.05) is 0 Å². The molecule has 0 spiro atoms. The zero-order chi connectivity index (χ0) is 18.3. The molecule has 134 valence electrons. The Labute approximate surface area is 157 Å². The number of halogens is 3. The first kappa shape index (κ1) is 17.2. The van der Waals surface area contributed by atoms with Crippen LogP contribution in [0.2, 0.25) is 5.02 Å². The first-order valence-corrected chi connectivity index (χ1v) is 9.27. The number of thiazole rings is 1. The van der Waals surface area contributed by atoms with E-state index in [1.165, 1.54) is 41.7 Å².